The molecule has 188 valence electrons. The molecule has 1 aliphatic heterocycles. The maximum absolute atomic E-state index is 13.3. The van der Waals surface area contributed by atoms with Gasteiger partial charge in [-0.25, -0.2) is 14.4 Å². The summed E-state index contributed by atoms with van der Waals surface area (Å²) in [7, 11) is -2.06. The summed E-state index contributed by atoms with van der Waals surface area (Å²) in [5.41, 5.74) is 4.05. The zero-order valence-electron chi connectivity index (χ0n) is 19.0. The van der Waals surface area contributed by atoms with Gasteiger partial charge in [0, 0.05) is 6.61 Å². The Morgan fingerprint density at radius 1 is 1.21 bits per heavy atom. The van der Waals surface area contributed by atoms with Crippen molar-refractivity contribution in [1.29, 1.82) is 0 Å². The lowest BCUT2D eigenvalue weighted by Gasteiger charge is -2.39. The van der Waals surface area contributed by atoms with Gasteiger partial charge in [0.2, 0.25) is 5.91 Å². The van der Waals surface area contributed by atoms with Crippen molar-refractivity contribution < 1.29 is 48.8 Å². The van der Waals surface area contributed by atoms with Gasteiger partial charge in [-0.2, -0.15) is 0 Å². The molecule has 0 spiro atoms. The molecule has 34 heavy (non-hydrogen) atoms. The maximum atomic E-state index is 13.3. The lowest BCUT2D eigenvalue weighted by Crippen LogP contribution is -2.67. The van der Waals surface area contributed by atoms with Crippen molar-refractivity contribution in [1.82, 2.24) is 10.2 Å². The molecule has 0 saturated carbocycles. The molecule has 13 nitrogen and oxygen atoms in total. The summed E-state index contributed by atoms with van der Waals surface area (Å²) in [4.78, 5) is 53.4. The first-order chi connectivity index (χ1) is 16.1. The molecule has 1 saturated heterocycles. The van der Waals surface area contributed by atoms with Crippen molar-refractivity contribution in [2.75, 3.05) is 19.8 Å². The molecule has 1 fully saturated rings. The minimum absolute atomic E-state index is 0.0294. The van der Waals surface area contributed by atoms with Gasteiger partial charge < -0.3 is 25.3 Å². The lowest BCUT2D eigenvalue weighted by atomic mass is 9.74. The number of nitrogens with zero attached hydrogens (tertiary/aromatic N) is 1. The summed E-state index contributed by atoms with van der Waals surface area (Å²) in [6.07, 6.45) is -0.0994. The minimum atomic E-state index is -2.06. The normalized spacial score (nSPS) is 18.5. The number of imide groups is 2. The van der Waals surface area contributed by atoms with Crippen molar-refractivity contribution in [3.8, 4) is 0 Å². The third kappa shape index (κ3) is 7.78. The van der Waals surface area contributed by atoms with E-state index in [2.05, 4.69) is 10.1 Å². The second-order valence-corrected chi connectivity index (χ2v) is 7.22. The fourth-order valence-corrected chi connectivity index (χ4v) is 3.30. The molecule has 1 aromatic rings. The standard InChI is InChI=1S/C20H27N3O6.BH3O4/c1-3-5-11-28-13-15(29-18(21)26)12-23-17(25)20(4-2,16(24)22-19(23)27)14-9-7-6-8-10-14;2-1(3)5-4/h6-10,15H,3-5,11-13H2,1-2H3,(H2,21,26)(H,22,24,27);2-4H. The Balaban J connectivity index is 0.00000104. The number of nitrogens with two attached hydrogens (primary N) is 1. The van der Waals surface area contributed by atoms with E-state index in [1.54, 1.807) is 37.3 Å². The van der Waals surface area contributed by atoms with Crippen LogP contribution < -0.4 is 11.1 Å². The van der Waals surface area contributed by atoms with Gasteiger partial charge >= 0.3 is 19.4 Å². The average molecular weight is 483 g/mol. The summed E-state index contributed by atoms with van der Waals surface area (Å²) in [6, 6.07) is 7.67. The number of urea groups is 1. The highest BCUT2D eigenvalue weighted by molar-refractivity contribution is 6.32. The number of hydrogen-bond acceptors (Lipinski definition) is 10. The van der Waals surface area contributed by atoms with Gasteiger partial charge in [0.25, 0.3) is 5.91 Å². The molecule has 0 aromatic heterocycles. The zero-order valence-corrected chi connectivity index (χ0v) is 19.0. The van der Waals surface area contributed by atoms with Gasteiger partial charge in [-0.3, -0.25) is 25.1 Å². The van der Waals surface area contributed by atoms with Gasteiger partial charge in [-0.15, -0.1) is 0 Å². The van der Waals surface area contributed by atoms with Crippen molar-refractivity contribution in [3.63, 3.8) is 0 Å². The quantitative estimate of drug-likeness (QED) is 0.0948. The van der Waals surface area contributed by atoms with Crippen LogP contribution in [0.5, 0.6) is 0 Å². The highest BCUT2D eigenvalue weighted by Gasteiger charge is 2.54. The van der Waals surface area contributed by atoms with E-state index in [9.17, 15) is 19.2 Å². The first kappa shape index (κ1) is 29.0. The Bertz CT molecular complexity index is 826. The van der Waals surface area contributed by atoms with E-state index in [-0.39, 0.29) is 19.6 Å². The Kier molecular flexibility index (Phi) is 12.2. The Labute approximate surface area is 196 Å². The Morgan fingerprint density at radius 2 is 1.82 bits per heavy atom. The molecule has 0 radical (unpaired) electrons. The van der Waals surface area contributed by atoms with Crippen molar-refractivity contribution in [2.45, 2.75) is 44.6 Å². The molecule has 14 heteroatoms. The SMILES string of the molecule is CCCCOCC(CN1C(=O)NC(=O)C(CC)(c2ccccc2)C1=O)OC(N)=O.OOB(O)O. The smallest absolute Gasteiger partial charge is 0.442 e. The van der Waals surface area contributed by atoms with Crippen LogP contribution in [0.1, 0.15) is 38.7 Å². The third-order valence-corrected chi connectivity index (χ3v) is 4.97. The number of carbonyl (C=O) groups is 4. The second-order valence-electron chi connectivity index (χ2n) is 7.22. The molecular formula is C20H30BN3O10. The number of hydrogen-bond donors (Lipinski definition) is 5. The number of unbranched alkanes of at least 4 members (excludes halogenated alkanes) is 1. The highest BCUT2D eigenvalue weighted by Crippen LogP contribution is 2.33. The number of primary amides is 1. The van der Waals surface area contributed by atoms with Gasteiger partial charge in [0.1, 0.15) is 6.10 Å². The van der Waals surface area contributed by atoms with E-state index in [0.29, 0.717) is 12.2 Å². The van der Waals surface area contributed by atoms with Crippen LogP contribution in [0.3, 0.4) is 0 Å². The summed E-state index contributed by atoms with van der Waals surface area (Å²) in [5, 5.41) is 24.3. The van der Waals surface area contributed by atoms with E-state index < -0.39 is 42.8 Å². The molecule has 0 bridgehead atoms. The molecule has 1 heterocycles. The van der Waals surface area contributed by atoms with E-state index in [1.165, 1.54) is 0 Å². The largest absolute Gasteiger partial charge is 0.662 e. The molecule has 6 N–H and O–H groups in total. The monoisotopic (exact) mass is 483 g/mol. The summed E-state index contributed by atoms with van der Waals surface area (Å²) in [6.45, 7) is 3.84. The molecule has 5 amide bonds. The van der Waals surface area contributed by atoms with Gasteiger partial charge in [0.05, 0.1) is 13.2 Å². The van der Waals surface area contributed by atoms with Gasteiger partial charge in [-0.1, -0.05) is 50.6 Å². The van der Waals surface area contributed by atoms with Crippen LogP contribution in [-0.4, -0.2) is 77.3 Å². The molecule has 2 unspecified atom stereocenters. The highest BCUT2D eigenvalue weighted by atomic mass is 17.1. The summed E-state index contributed by atoms with van der Waals surface area (Å²) < 4.78 is 10.5. The van der Waals surface area contributed by atoms with Crippen LogP contribution in [0.25, 0.3) is 0 Å². The number of nitrogens with one attached hydrogen (secondary N) is 1. The molecule has 1 aliphatic rings. The first-order valence-corrected chi connectivity index (χ1v) is 10.6. The fourth-order valence-electron chi connectivity index (χ4n) is 3.30. The number of rotatable bonds is 11. The number of benzene rings is 1. The maximum Gasteiger partial charge on any atom is 0.662 e. The topological polar surface area (TPSA) is 198 Å². The first-order valence-electron chi connectivity index (χ1n) is 10.6. The van der Waals surface area contributed by atoms with Crippen LogP contribution in [0.2, 0.25) is 0 Å². The predicted molar refractivity (Wildman–Crippen MR) is 118 cm³/mol. The number of carbonyl (C=O) groups excluding carboxylic acids is 4. The number of ether oxygens (including phenoxy) is 2. The lowest BCUT2D eigenvalue weighted by molar-refractivity contribution is -0.173. The van der Waals surface area contributed by atoms with Crippen LogP contribution in [0, 0.1) is 0 Å². The van der Waals surface area contributed by atoms with Crippen molar-refractivity contribution in [2.24, 2.45) is 5.73 Å². The Hall–Kier alpha value is -3.04. The molecule has 0 aliphatic carbocycles. The molecular weight excluding hydrogens is 453 g/mol. The number of amides is 5. The van der Waals surface area contributed by atoms with Gasteiger partial charge in [0.15, 0.2) is 5.41 Å². The van der Waals surface area contributed by atoms with E-state index >= 15 is 0 Å². The fraction of sp³-hybridized carbons (Fsp3) is 0.500. The molecule has 1 aromatic carbocycles. The van der Waals surface area contributed by atoms with Crippen LogP contribution >= 0.6 is 0 Å². The second kappa shape index (κ2) is 14.3. The predicted octanol–water partition coefficient (Wildman–Crippen LogP) is 0.139. The van der Waals surface area contributed by atoms with Crippen LogP contribution in [0.15, 0.2) is 30.3 Å². The van der Waals surface area contributed by atoms with E-state index in [1.807, 2.05) is 6.92 Å². The van der Waals surface area contributed by atoms with Crippen molar-refractivity contribution >= 4 is 31.3 Å². The minimum Gasteiger partial charge on any atom is -0.442 e. The average Bonchev–Trinajstić information content (AvgIpc) is 2.80. The summed E-state index contributed by atoms with van der Waals surface area (Å²) >= 11 is 0. The molecule has 2 atom stereocenters. The van der Waals surface area contributed by atoms with Crippen molar-refractivity contribution in [3.05, 3.63) is 35.9 Å². The van der Waals surface area contributed by atoms with Gasteiger partial charge in [-0.05, 0) is 18.4 Å². The van der Waals surface area contributed by atoms with E-state index in [0.717, 1.165) is 17.7 Å². The zero-order chi connectivity index (χ0) is 25.7. The molecule has 2 rings (SSSR count). The number of barbiturate groups is 1. The van der Waals surface area contributed by atoms with Crippen LogP contribution in [-0.2, 0) is 29.3 Å². The van der Waals surface area contributed by atoms with E-state index in [4.69, 9.17) is 30.5 Å². The summed E-state index contributed by atoms with van der Waals surface area (Å²) in [5.74, 6) is -1.35. The third-order valence-electron chi connectivity index (χ3n) is 4.97. The van der Waals surface area contributed by atoms with Crippen LogP contribution in [0.4, 0.5) is 9.59 Å². The Morgan fingerprint density at radius 3 is 2.32 bits per heavy atom.